The quantitative estimate of drug-likeness (QED) is 0.615. The summed E-state index contributed by atoms with van der Waals surface area (Å²) in [6.07, 6.45) is 3.51. The first-order valence-electron chi connectivity index (χ1n) is 7.20. The van der Waals surface area contributed by atoms with Crippen molar-refractivity contribution in [2.24, 2.45) is 0 Å². The molecule has 116 valence electrons. The number of aromatic nitrogens is 1. The SMILES string of the molecule is O=C1/C(=C/c2ccccn2)SC(=S)N1CCN1CCOCC1. The lowest BCUT2D eigenvalue weighted by Crippen LogP contribution is -2.42. The van der Waals surface area contributed by atoms with Gasteiger partial charge >= 0.3 is 0 Å². The Kier molecular flexibility index (Phi) is 5.20. The normalized spacial score (nSPS) is 21.8. The fourth-order valence-electron chi connectivity index (χ4n) is 2.35. The highest BCUT2D eigenvalue weighted by atomic mass is 32.2. The van der Waals surface area contributed by atoms with Gasteiger partial charge in [0.25, 0.3) is 5.91 Å². The van der Waals surface area contributed by atoms with Crippen LogP contribution in [0.15, 0.2) is 29.3 Å². The Labute approximate surface area is 139 Å². The highest BCUT2D eigenvalue weighted by molar-refractivity contribution is 8.26. The Morgan fingerprint density at radius 3 is 2.86 bits per heavy atom. The van der Waals surface area contributed by atoms with E-state index in [0.29, 0.717) is 15.8 Å². The number of hydrogen-bond donors (Lipinski definition) is 0. The van der Waals surface area contributed by atoms with Crippen LogP contribution >= 0.6 is 24.0 Å². The second-order valence-electron chi connectivity index (χ2n) is 5.04. The van der Waals surface area contributed by atoms with Crippen molar-refractivity contribution in [3.8, 4) is 0 Å². The van der Waals surface area contributed by atoms with Gasteiger partial charge in [0.15, 0.2) is 0 Å². The van der Waals surface area contributed by atoms with E-state index in [1.165, 1.54) is 11.8 Å². The van der Waals surface area contributed by atoms with Gasteiger partial charge in [0.2, 0.25) is 0 Å². The number of thiocarbonyl (C=S) groups is 1. The number of nitrogens with zero attached hydrogens (tertiary/aromatic N) is 3. The van der Waals surface area contributed by atoms with Crippen molar-refractivity contribution in [3.05, 3.63) is 35.0 Å². The predicted octanol–water partition coefficient (Wildman–Crippen LogP) is 1.61. The molecule has 0 bridgehead atoms. The zero-order chi connectivity index (χ0) is 15.4. The molecule has 7 heteroatoms. The molecule has 0 radical (unpaired) electrons. The Morgan fingerprint density at radius 1 is 1.32 bits per heavy atom. The largest absolute Gasteiger partial charge is 0.379 e. The van der Waals surface area contributed by atoms with Crippen molar-refractivity contribution < 1.29 is 9.53 Å². The van der Waals surface area contributed by atoms with Crippen molar-refractivity contribution in [2.45, 2.75) is 0 Å². The van der Waals surface area contributed by atoms with Crippen LogP contribution in [0.3, 0.4) is 0 Å². The lowest BCUT2D eigenvalue weighted by Gasteiger charge is -2.28. The summed E-state index contributed by atoms with van der Waals surface area (Å²) in [4.78, 5) is 21.3. The topological polar surface area (TPSA) is 45.7 Å². The first-order valence-corrected chi connectivity index (χ1v) is 8.43. The van der Waals surface area contributed by atoms with E-state index in [0.717, 1.165) is 38.5 Å². The van der Waals surface area contributed by atoms with Crippen molar-refractivity contribution in [3.63, 3.8) is 0 Å². The summed E-state index contributed by atoms with van der Waals surface area (Å²) in [5.41, 5.74) is 0.774. The number of carbonyl (C=O) groups excluding carboxylic acids is 1. The number of pyridine rings is 1. The molecule has 0 atom stereocenters. The van der Waals surface area contributed by atoms with Crippen LogP contribution in [0.25, 0.3) is 6.08 Å². The molecule has 5 nitrogen and oxygen atoms in total. The van der Waals surface area contributed by atoms with Crippen molar-refractivity contribution in [1.29, 1.82) is 0 Å². The Balaban J connectivity index is 1.62. The zero-order valence-electron chi connectivity index (χ0n) is 12.1. The summed E-state index contributed by atoms with van der Waals surface area (Å²) in [5, 5.41) is 0. The molecule has 1 aromatic heterocycles. The molecule has 0 N–H and O–H groups in total. The second kappa shape index (κ2) is 7.32. The van der Waals surface area contributed by atoms with Gasteiger partial charge in [-0.15, -0.1) is 0 Å². The monoisotopic (exact) mass is 335 g/mol. The van der Waals surface area contributed by atoms with E-state index in [4.69, 9.17) is 17.0 Å². The summed E-state index contributed by atoms with van der Waals surface area (Å²) in [5.74, 6) is -0.0195. The van der Waals surface area contributed by atoms with Crippen LogP contribution < -0.4 is 0 Å². The molecule has 2 aliphatic rings. The summed E-state index contributed by atoms with van der Waals surface area (Å²) in [7, 11) is 0. The van der Waals surface area contributed by atoms with Crippen LogP contribution in [0.2, 0.25) is 0 Å². The fraction of sp³-hybridized carbons (Fsp3) is 0.400. The number of ether oxygens (including phenoxy) is 1. The van der Waals surface area contributed by atoms with E-state index in [2.05, 4.69) is 9.88 Å². The molecule has 1 aromatic rings. The summed E-state index contributed by atoms with van der Waals surface area (Å²) >= 11 is 6.69. The van der Waals surface area contributed by atoms with Crippen LogP contribution in [-0.2, 0) is 9.53 Å². The van der Waals surface area contributed by atoms with Gasteiger partial charge in [-0.1, -0.05) is 30.0 Å². The highest BCUT2D eigenvalue weighted by Crippen LogP contribution is 2.32. The van der Waals surface area contributed by atoms with E-state index < -0.39 is 0 Å². The molecule has 0 aliphatic carbocycles. The minimum Gasteiger partial charge on any atom is -0.379 e. The third-order valence-corrected chi connectivity index (χ3v) is 4.96. The van der Waals surface area contributed by atoms with Crippen LogP contribution in [0, 0.1) is 0 Å². The summed E-state index contributed by atoms with van der Waals surface area (Å²) < 4.78 is 5.95. The Hall–Kier alpha value is -1.28. The standard InChI is InChI=1S/C15H17N3O2S2/c19-14-13(11-12-3-1-2-4-16-12)22-15(21)18(14)6-5-17-7-9-20-10-8-17/h1-4,11H,5-10H2/b13-11-. The lowest BCUT2D eigenvalue weighted by molar-refractivity contribution is -0.122. The van der Waals surface area contributed by atoms with Gasteiger partial charge in [0.1, 0.15) is 4.32 Å². The Morgan fingerprint density at radius 2 is 2.14 bits per heavy atom. The van der Waals surface area contributed by atoms with Gasteiger partial charge in [-0.2, -0.15) is 0 Å². The van der Waals surface area contributed by atoms with Gasteiger partial charge in [0, 0.05) is 32.4 Å². The van der Waals surface area contributed by atoms with Gasteiger partial charge < -0.3 is 4.74 Å². The number of carbonyl (C=O) groups is 1. The molecule has 1 amide bonds. The van der Waals surface area contributed by atoms with E-state index in [-0.39, 0.29) is 5.91 Å². The van der Waals surface area contributed by atoms with E-state index >= 15 is 0 Å². The third-order valence-electron chi connectivity index (χ3n) is 3.58. The maximum atomic E-state index is 12.5. The average Bonchev–Trinajstić information content (AvgIpc) is 2.81. The minimum absolute atomic E-state index is 0.0195. The molecule has 0 unspecified atom stereocenters. The molecular formula is C15H17N3O2S2. The number of thioether (sulfide) groups is 1. The van der Waals surface area contributed by atoms with Gasteiger partial charge in [0.05, 0.1) is 23.8 Å². The predicted molar refractivity (Wildman–Crippen MR) is 91.4 cm³/mol. The van der Waals surface area contributed by atoms with Crippen LogP contribution in [-0.4, -0.2) is 64.4 Å². The number of morpholine rings is 1. The second-order valence-corrected chi connectivity index (χ2v) is 6.72. The van der Waals surface area contributed by atoms with Crippen LogP contribution in [0.4, 0.5) is 0 Å². The number of amides is 1. The minimum atomic E-state index is -0.0195. The van der Waals surface area contributed by atoms with E-state index in [9.17, 15) is 4.79 Å². The molecule has 2 saturated heterocycles. The molecule has 0 spiro atoms. The molecule has 22 heavy (non-hydrogen) atoms. The molecule has 2 aliphatic heterocycles. The maximum absolute atomic E-state index is 12.5. The van der Waals surface area contributed by atoms with E-state index in [1.54, 1.807) is 17.2 Å². The first-order chi connectivity index (χ1) is 10.7. The highest BCUT2D eigenvalue weighted by Gasteiger charge is 2.32. The molecule has 2 fully saturated rings. The number of hydrogen-bond acceptors (Lipinski definition) is 6. The van der Waals surface area contributed by atoms with Crippen molar-refractivity contribution in [1.82, 2.24) is 14.8 Å². The maximum Gasteiger partial charge on any atom is 0.266 e. The van der Waals surface area contributed by atoms with Crippen LogP contribution in [0.1, 0.15) is 5.69 Å². The van der Waals surface area contributed by atoms with Gasteiger partial charge in [-0.05, 0) is 18.2 Å². The average molecular weight is 335 g/mol. The van der Waals surface area contributed by atoms with Gasteiger partial charge in [-0.3, -0.25) is 19.6 Å². The summed E-state index contributed by atoms with van der Waals surface area (Å²) in [6, 6.07) is 5.63. The van der Waals surface area contributed by atoms with Crippen molar-refractivity contribution in [2.75, 3.05) is 39.4 Å². The Bertz CT molecular complexity index is 586. The molecule has 3 heterocycles. The fourth-order valence-corrected chi connectivity index (χ4v) is 3.65. The molecule has 3 rings (SSSR count). The molecular weight excluding hydrogens is 318 g/mol. The zero-order valence-corrected chi connectivity index (χ0v) is 13.7. The smallest absolute Gasteiger partial charge is 0.266 e. The van der Waals surface area contributed by atoms with Gasteiger partial charge in [-0.25, -0.2) is 0 Å². The molecule has 0 saturated carbocycles. The van der Waals surface area contributed by atoms with Crippen molar-refractivity contribution >= 4 is 40.3 Å². The van der Waals surface area contributed by atoms with E-state index in [1.807, 2.05) is 18.2 Å². The van der Waals surface area contributed by atoms with Crippen LogP contribution in [0.5, 0.6) is 0 Å². The third kappa shape index (κ3) is 3.73. The lowest BCUT2D eigenvalue weighted by atomic mass is 10.3. The summed E-state index contributed by atoms with van der Waals surface area (Å²) in [6.45, 7) is 4.81. The molecule has 0 aromatic carbocycles. The number of rotatable bonds is 4. The first kappa shape index (κ1) is 15.6.